The molecule has 0 aromatic carbocycles. The van der Waals surface area contributed by atoms with Gasteiger partial charge < -0.3 is 0 Å². The third kappa shape index (κ3) is 0.937. The van der Waals surface area contributed by atoms with Crippen LogP contribution in [0.1, 0.15) is 27.2 Å². The topological polar surface area (TPSA) is 0 Å². The fraction of sp³-hybridized carbons (Fsp3) is 0.556. The Morgan fingerprint density at radius 1 is 1.22 bits per heavy atom. The minimum Gasteiger partial charge on any atom is -0.0835 e. The van der Waals surface area contributed by atoms with Crippen molar-refractivity contribution in [1.29, 1.82) is 0 Å². The molecule has 1 atom stereocenters. The molecule has 0 N–H and O–H groups in total. The maximum Gasteiger partial charge on any atom is 0.00858 e. The van der Waals surface area contributed by atoms with Gasteiger partial charge in [-0.15, -0.1) is 0 Å². The van der Waals surface area contributed by atoms with E-state index in [0.717, 1.165) is 5.92 Å². The smallest absolute Gasteiger partial charge is 0.00858 e. The summed E-state index contributed by atoms with van der Waals surface area (Å²) in [5.41, 5.74) is 3.14. The minimum atomic E-state index is 0.819. The molecule has 1 aliphatic carbocycles. The molecular formula is C9H14. The summed E-state index contributed by atoms with van der Waals surface area (Å²) in [5, 5.41) is 0. The number of rotatable bonds is 1. The quantitative estimate of drug-likeness (QED) is 0.501. The van der Waals surface area contributed by atoms with Gasteiger partial charge in [0.1, 0.15) is 0 Å². The van der Waals surface area contributed by atoms with Crippen molar-refractivity contribution in [1.82, 2.24) is 0 Å². The summed E-state index contributed by atoms with van der Waals surface area (Å²) in [4.78, 5) is 0. The minimum absolute atomic E-state index is 0.819. The van der Waals surface area contributed by atoms with Crippen molar-refractivity contribution in [2.75, 3.05) is 0 Å². The highest BCUT2D eigenvalue weighted by atomic mass is 14.4. The average Bonchev–Trinajstić information content (AvgIpc) is 2.59. The van der Waals surface area contributed by atoms with E-state index in [-0.39, 0.29) is 0 Å². The van der Waals surface area contributed by atoms with Crippen LogP contribution in [0.2, 0.25) is 0 Å². The molecule has 1 aliphatic rings. The highest BCUT2D eigenvalue weighted by Gasteiger charge is 2.32. The molecule has 0 heteroatoms. The van der Waals surface area contributed by atoms with Gasteiger partial charge in [-0.25, -0.2) is 0 Å². The standard InChI is InChI=1S/C9H14/c1-4-7-8(5-2)9(7)6-3/h4-5,9H,6H2,1-3H3/b7-4+,8-5?. The maximum atomic E-state index is 2.24. The van der Waals surface area contributed by atoms with E-state index in [0.29, 0.717) is 0 Å². The lowest BCUT2D eigenvalue weighted by atomic mass is 10.3. The van der Waals surface area contributed by atoms with E-state index in [4.69, 9.17) is 0 Å². The summed E-state index contributed by atoms with van der Waals surface area (Å²) in [7, 11) is 0. The Kier molecular flexibility index (Phi) is 1.75. The van der Waals surface area contributed by atoms with E-state index in [2.05, 4.69) is 32.9 Å². The highest BCUT2D eigenvalue weighted by molar-refractivity contribution is 5.54. The molecule has 0 saturated heterocycles. The van der Waals surface area contributed by atoms with Gasteiger partial charge in [-0.1, -0.05) is 19.1 Å². The van der Waals surface area contributed by atoms with Crippen LogP contribution in [-0.4, -0.2) is 0 Å². The molecule has 1 rings (SSSR count). The van der Waals surface area contributed by atoms with Gasteiger partial charge in [-0.05, 0) is 31.4 Å². The van der Waals surface area contributed by atoms with Gasteiger partial charge in [0.05, 0.1) is 0 Å². The second-order valence-electron chi connectivity index (χ2n) is 2.45. The Labute approximate surface area is 57.3 Å². The van der Waals surface area contributed by atoms with Gasteiger partial charge in [-0.2, -0.15) is 0 Å². The first-order valence-electron chi connectivity index (χ1n) is 3.67. The highest BCUT2D eigenvalue weighted by Crippen LogP contribution is 2.46. The monoisotopic (exact) mass is 122 g/mol. The van der Waals surface area contributed by atoms with E-state index in [1.54, 1.807) is 11.1 Å². The molecule has 0 heterocycles. The zero-order chi connectivity index (χ0) is 6.85. The predicted molar refractivity (Wildman–Crippen MR) is 41.3 cm³/mol. The van der Waals surface area contributed by atoms with Crippen molar-refractivity contribution in [2.45, 2.75) is 27.2 Å². The van der Waals surface area contributed by atoms with Gasteiger partial charge in [0.15, 0.2) is 0 Å². The van der Waals surface area contributed by atoms with Crippen molar-refractivity contribution in [3.63, 3.8) is 0 Å². The van der Waals surface area contributed by atoms with E-state index in [9.17, 15) is 0 Å². The molecule has 50 valence electrons. The molecule has 0 radical (unpaired) electrons. The molecule has 1 saturated carbocycles. The molecule has 1 unspecified atom stereocenters. The Bertz CT molecular complexity index is 143. The van der Waals surface area contributed by atoms with Crippen LogP contribution in [0.3, 0.4) is 0 Å². The first-order valence-corrected chi connectivity index (χ1v) is 3.67. The van der Waals surface area contributed by atoms with Crippen LogP contribution in [0.15, 0.2) is 23.3 Å². The molecule has 0 aromatic heterocycles. The number of hydrogen-bond acceptors (Lipinski definition) is 0. The van der Waals surface area contributed by atoms with Crippen molar-refractivity contribution in [2.24, 2.45) is 5.92 Å². The molecule has 1 fully saturated rings. The van der Waals surface area contributed by atoms with Gasteiger partial charge in [0.2, 0.25) is 0 Å². The van der Waals surface area contributed by atoms with Crippen LogP contribution >= 0.6 is 0 Å². The summed E-state index contributed by atoms with van der Waals surface area (Å²) in [6, 6.07) is 0. The van der Waals surface area contributed by atoms with Crippen LogP contribution in [0, 0.1) is 5.92 Å². The Balaban J connectivity index is 2.66. The molecule has 0 spiro atoms. The first kappa shape index (κ1) is 6.60. The summed E-state index contributed by atoms with van der Waals surface area (Å²) >= 11 is 0. The molecule has 0 aromatic rings. The summed E-state index contributed by atoms with van der Waals surface area (Å²) in [6.45, 7) is 6.48. The third-order valence-electron chi connectivity index (χ3n) is 2.03. The lowest BCUT2D eigenvalue weighted by Crippen LogP contribution is -1.65. The fourth-order valence-corrected chi connectivity index (χ4v) is 1.48. The lowest BCUT2D eigenvalue weighted by molar-refractivity contribution is 0.868. The van der Waals surface area contributed by atoms with Crippen LogP contribution in [0.25, 0.3) is 0 Å². The van der Waals surface area contributed by atoms with E-state index < -0.39 is 0 Å². The van der Waals surface area contributed by atoms with Gasteiger partial charge in [0, 0.05) is 5.92 Å². The van der Waals surface area contributed by atoms with E-state index in [1.165, 1.54) is 6.42 Å². The van der Waals surface area contributed by atoms with Crippen LogP contribution in [-0.2, 0) is 0 Å². The SMILES string of the molecule is CC=C1/C(=C\C)C1CC. The predicted octanol–water partition coefficient (Wildman–Crippen LogP) is 2.92. The zero-order valence-corrected chi connectivity index (χ0v) is 6.44. The van der Waals surface area contributed by atoms with Crippen LogP contribution < -0.4 is 0 Å². The number of allylic oxidation sites excluding steroid dienone is 4. The second kappa shape index (κ2) is 2.38. The largest absolute Gasteiger partial charge is 0.0835 e. The maximum absolute atomic E-state index is 2.24. The zero-order valence-electron chi connectivity index (χ0n) is 6.44. The van der Waals surface area contributed by atoms with E-state index in [1.807, 2.05) is 0 Å². The molecule has 0 amide bonds. The molecule has 0 aliphatic heterocycles. The lowest BCUT2D eigenvalue weighted by Gasteiger charge is -1.76. The molecule has 0 bridgehead atoms. The van der Waals surface area contributed by atoms with Crippen molar-refractivity contribution >= 4 is 0 Å². The number of hydrogen-bond donors (Lipinski definition) is 0. The Hall–Kier alpha value is -0.520. The Morgan fingerprint density at radius 3 is 1.78 bits per heavy atom. The van der Waals surface area contributed by atoms with Crippen LogP contribution in [0.5, 0.6) is 0 Å². The van der Waals surface area contributed by atoms with E-state index >= 15 is 0 Å². The fourth-order valence-electron chi connectivity index (χ4n) is 1.48. The molecule has 0 nitrogen and oxygen atoms in total. The average molecular weight is 122 g/mol. The van der Waals surface area contributed by atoms with Crippen molar-refractivity contribution in [3.8, 4) is 0 Å². The summed E-state index contributed by atoms with van der Waals surface area (Å²) < 4.78 is 0. The van der Waals surface area contributed by atoms with Crippen molar-refractivity contribution < 1.29 is 0 Å². The second-order valence-corrected chi connectivity index (χ2v) is 2.45. The summed E-state index contributed by atoms with van der Waals surface area (Å²) in [5.74, 6) is 0.819. The van der Waals surface area contributed by atoms with Gasteiger partial charge in [-0.3, -0.25) is 0 Å². The van der Waals surface area contributed by atoms with Crippen LogP contribution in [0.4, 0.5) is 0 Å². The molecule has 9 heavy (non-hydrogen) atoms. The van der Waals surface area contributed by atoms with Crippen molar-refractivity contribution in [3.05, 3.63) is 23.3 Å². The molecular weight excluding hydrogens is 108 g/mol. The summed E-state index contributed by atoms with van der Waals surface area (Å²) in [6.07, 6.45) is 5.73. The Morgan fingerprint density at radius 2 is 1.67 bits per heavy atom. The first-order chi connectivity index (χ1) is 4.35. The van der Waals surface area contributed by atoms with Gasteiger partial charge >= 0.3 is 0 Å². The normalized spacial score (nSPS) is 33.9. The van der Waals surface area contributed by atoms with Gasteiger partial charge in [0.25, 0.3) is 0 Å². The third-order valence-corrected chi connectivity index (χ3v) is 2.03.